The van der Waals surface area contributed by atoms with Crippen LogP contribution in [0.25, 0.3) is 0 Å². The van der Waals surface area contributed by atoms with Crippen molar-refractivity contribution in [2.45, 2.75) is 58.3 Å². The molecule has 4 bridgehead atoms. The van der Waals surface area contributed by atoms with E-state index in [1.54, 1.807) is 0 Å². The lowest BCUT2D eigenvalue weighted by Crippen LogP contribution is -2.51. The molecule has 0 saturated heterocycles. The summed E-state index contributed by atoms with van der Waals surface area (Å²) in [7, 11) is 0. The standard InChI is InChI=1S/C22H31NO2/c1-15(2)19-5-3-4-6-20(19)25-13-21(24)23-14-22-10-16-7-17(11-22)9-18(8-16)12-22/h3-6,15-18H,7-14H2,1-2H3,(H,23,24). The first-order valence-corrected chi connectivity index (χ1v) is 10.0. The van der Waals surface area contributed by atoms with E-state index in [0.29, 0.717) is 11.3 Å². The van der Waals surface area contributed by atoms with Crippen molar-refractivity contribution in [2.24, 2.45) is 23.2 Å². The van der Waals surface area contributed by atoms with Crippen molar-refractivity contribution in [3.05, 3.63) is 29.8 Å². The summed E-state index contributed by atoms with van der Waals surface area (Å²) in [6, 6.07) is 8.03. The second-order valence-corrected chi connectivity index (χ2v) is 9.18. The maximum atomic E-state index is 12.4. The number of hydrogen-bond donors (Lipinski definition) is 1. The van der Waals surface area contributed by atoms with Gasteiger partial charge in [-0.25, -0.2) is 0 Å². The molecular weight excluding hydrogens is 310 g/mol. The molecule has 0 aliphatic heterocycles. The van der Waals surface area contributed by atoms with Crippen LogP contribution < -0.4 is 10.1 Å². The first-order valence-electron chi connectivity index (χ1n) is 10.0. The molecular formula is C22H31NO2. The Hall–Kier alpha value is -1.51. The van der Waals surface area contributed by atoms with Crippen molar-refractivity contribution in [1.82, 2.24) is 5.32 Å². The van der Waals surface area contributed by atoms with Gasteiger partial charge in [0.15, 0.2) is 6.61 Å². The van der Waals surface area contributed by atoms with Crippen LogP contribution in [-0.2, 0) is 4.79 Å². The molecule has 4 aliphatic rings. The van der Waals surface area contributed by atoms with Crippen LogP contribution in [-0.4, -0.2) is 19.1 Å². The molecule has 0 atom stereocenters. The van der Waals surface area contributed by atoms with Gasteiger partial charge in [0.2, 0.25) is 0 Å². The van der Waals surface area contributed by atoms with E-state index in [0.717, 1.165) is 35.6 Å². The molecule has 25 heavy (non-hydrogen) atoms. The predicted molar refractivity (Wildman–Crippen MR) is 99.6 cm³/mol. The lowest BCUT2D eigenvalue weighted by atomic mass is 9.49. The van der Waals surface area contributed by atoms with Gasteiger partial charge < -0.3 is 10.1 Å². The van der Waals surface area contributed by atoms with E-state index in [1.165, 1.54) is 38.5 Å². The summed E-state index contributed by atoms with van der Waals surface area (Å²) in [5.41, 5.74) is 1.55. The minimum atomic E-state index is 0.0225. The molecule has 4 aliphatic carbocycles. The molecule has 1 amide bonds. The van der Waals surface area contributed by atoms with E-state index in [2.05, 4.69) is 25.2 Å². The topological polar surface area (TPSA) is 38.3 Å². The number of carbonyl (C=O) groups excluding carboxylic acids is 1. The fourth-order valence-electron chi connectivity index (χ4n) is 6.08. The molecule has 3 nitrogen and oxygen atoms in total. The van der Waals surface area contributed by atoms with E-state index in [1.807, 2.05) is 18.2 Å². The number of nitrogens with one attached hydrogen (secondary N) is 1. The number of amides is 1. The highest BCUT2D eigenvalue weighted by molar-refractivity contribution is 5.77. The molecule has 0 aromatic heterocycles. The Labute approximate surface area is 151 Å². The molecule has 136 valence electrons. The number of para-hydroxylation sites is 1. The van der Waals surface area contributed by atoms with Crippen molar-refractivity contribution in [2.75, 3.05) is 13.2 Å². The molecule has 3 heteroatoms. The Morgan fingerprint density at radius 3 is 2.32 bits per heavy atom. The molecule has 5 rings (SSSR count). The average molecular weight is 341 g/mol. The van der Waals surface area contributed by atoms with Gasteiger partial charge in [0, 0.05) is 6.54 Å². The number of rotatable bonds is 6. The van der Waals surface area contributed by atoms with Crippen LogP contribution in [0.4, 0.5) is 0 Å². The summed E-state index contributed by atoms with van der Waals surface area (Å²) < 4.78 is 5.82. The van der Waals surface area contributed by atoms with Gasteiger partial charge in [-0.15, -0.1) is 0 Å². The molecule has 0 unspecified atom stereocenters. The van der Waals surface area contributed by atoms with Crippen molar-refractivity contribution >= 4 is 5.91 Å². The van der Waals surface area contributed by atoms with Crippen LogP contribution in [0, 0.1) is 23.2 Å². The molecule has 1 aromatic carbocycles. The number of hydrogen-bond acceptors (Lipinski definition) is 2. The quantitative estimate of drug-likeness (QED) is 0.826. The van der Waals surface area contributed by atoms with Crippen LogP contribution in [0.5, 0.6) is 5.75 Å². The van der Waals surface area contributed by atoms with E-state index < -0.39 is 0 Å². The Bertz CT molecular complexity index is 601. The smallest absolute Gasteiger partial charge is 0.257 e. The minimum absolute atomic E-state index is 0.0225. The normalized spacial score (nSPS) is 32.8. The zero-order valence-electron chi connectivity index (χ0n) is 15.6. The molecule has 1 N–H and O–H groups in total. The molecule has 0 spiro atoms. The zero-order valence-corrected chi connectivity index (χ0v) is 15.6. The van der Waals surface area contributed by atoms with Crippen molar-refractivity contribution in [1.29, 1.82) is 0 Å². The van der Waals surface area contributed by atoms with Gasteiger partial charge in [0.1, 0.15) is 5.75 Å². The van der Waals surface area contributed by atoms with Gasteiger partial charge >= 0.3 is 0 Å². The third-order valence-corrected chi connectivity index (χ3v) is 6.73. The second kappa shape index (κ2) is 6.66. The third kappa shape index (κ3) is 3.56. The molecule has 1 aromatic rings. The van der Waals surface area contributed by atoms with Crippen LogP contribution in [0.3, 0.4) is 0 Å². The maximum Gasteiger partial charge on any atom is 0.257 e. The summed E-state index contributed by atoms with van der Waals surface area (Å²) >= 11 is 0. The highest BCUT2D eigenvalue weighted by atomic mass is 16.5. The molecule has 0 radical (unpaired) electrons. The van der Waals surface area contributed by atoms with E-state index in [9.17, 15) is 4.79 Å². The van der Waals surface area contributed by atoms with Crippen molar-refractivity contribution in [3.8, 4) is 5.75 Å². The summed E-state index contributed by atoms with van der Waals surface area (Å²) in [5.74, 6) is 4.04. The molecule has 4 saturated carbocycles. The van der Waals surface area contributed by atoms with Crippen LogP contribution >= 0.6 is 0 Å². The Morgan fingerprint density at radius 2 is 1.72 bits per heavy atom. The van der Waals surface area contributed by atoms with Crippen LogP contribution in [0.15, 0.2) is 24.3 Å². The van der Waals surface area contributed by atoms with E-state index in [-0.39, 0.29) is 12.5 Å². The fraction of sp³-hybridized carbons (Fsp3) is 0.682. The summed E-state index contributed by atoms with van der Waals surface area (Å²) in [6.45, 7) is 5.27. The lowest BCUT2D eigenvalue weighted by molar-refractivity contribution is -0.125. The van der Waals surface area contributed by atoms with Gasteiger partial charge in [0.25, 0.3) is 5.91 Å². The summed E-state index contributed by atoms with van der Waals surface area (Å²) in [6.07, 6.45) is 8.33. The lowest BCUT2D eigenvalue weighted by Gasteiger charge is -2.56. The fourth-order valence-corrected chi connectivity index (χ4v) is 6.08. The largest absolute Gasteiger partial charge is 0.483 e. The Balaban J connectivity index is 1.30. The van der Waals surface area contributed by atoms with Gasteiger partial charge in [0.05, 0.1) is 0 Å². The van der Waals surface area contributed by atoms with E-state index >= 15 is 0 Å². The summed E-state index contributed by atoms with van der Waals surface area (Å²) in [4.78, 5) is 12.4. The van der Waals surface area contributed by atoms with Gasteiger partial charge in [-0.3, -0.25) is 4.79 Å². The first-order chi connectivity index (χ1) is 12.0. The zero-order chi connectivity index (χ0) is 17.4. The monoisotopic (exact) mass is 341 g/mol. The minimum Gasteiger partial charge on any atom is -0.483 e. The van der Waals surface area contributed by atoms with Crippen molar-refractivity contribution in [3.63, 3.8) is 0 Å². The Morgan fingerprint density at radius 1 is 1.12 bits per heavy atom. The Kier molecular flexibility index (Phi) is 4.51. The van der Waals surface area contributed by atoms with Gasteiger partial charge in [-0.05, 0) is 79.2 Å². The highest BCUT2D eigenvalue weighted by Crippen LogP contribution is 2.59. The number of ether oxygens (including phenoxy) is 1. The number of benzene rings is 1. The molecule has 0 heterocycles. The van der Waals surface area contributed by atoms with Crippen molar-refractivity contribution < 1.29 is 9.53 Å². The average Bonchev–Trinajstić information content (AvgIpc) is 2.57. The number of carbonyl (C=O) groups is 1. The third-order valence-electron chi connectivity index (χ3n) is 6.73. The maximum absolute atomic E-state index is 12.4. The first kappa shape index (κ1) is 16.9. The summed E-state index contributed by atoms with van der Waals surface area (Å²) in [5, 5.41) is 3.19. The van der Waals surface area contributed by atoms with Crippen LogP contribution in [0.2, 0.25) is 0 Å². The van der Waals surface area contributed by atoms with Crippen LogP contribution in [0.1, 0.15) is 63.9 Å². The van der Waals surface area contributed by atoms with E-state index in [4.69, 9.17) is 4.74 Å². The second-order valence-electron chi connectivity index (χ2n) is 9.18. The SMILES string of the molecule is CC(C)c1ccccc1OCC(=O)NCC12CC3CC(CC(C3)C1)C2. The van der Waals surface area contributed by atoms with Gasteiger partial charge in [-0.1, -0.05) is 32.0 Å². The molecule has 4 fully saturated rings. The highest BCUT2D eigenvalue weighted by Gasteiger charge is 2.50. The predicted octanol–water partition coefficient (Wildman–Crippen LogP) is 4.52. The van der Waals surface area contributed by atoms with Gasteiger partial charge in [-0.2, -0.15) is 0 Å².